The fourth-order valence-corrected chi connectivity index (χ4v) is 1.75. The van der Waals surface area contributed by atoms with Crippen LogP contribution in [0.5, 0.6) is 0 Å². The quantitative estimate of drug-likeness (QED) is 0.829. The fraction of sp³-hybridized carbons (Fsp3) is 0.0714. The molecule has 0 amide bonds. The second kappa shape index (κ2) is 5.44. The summed E-state index contributed by atoms with van der Waals surface area (Å²) in [4.78, 5) is 0. The first-order chi connectivity index (χ1) is 8.69. The van der Waals surface area contributed by atoms with Crippen molar-refractivity contribution in [2.75, 3.05) is 11.1 Å². The lowest BCUT2D eigenvalue weighted by Crippen LogP contribution is -2.02. The average Bonchev–Trinajstić information content (AvgIpc) is 2.40. The van der Waals surface area contributed by atoms with Crippen LogP contribution in [0.25, 0.3) is 0 Å². The molecule has 0 unspecified atom stereocenters. The summed E-state index contributed by atoms with van der Waals surface area (Å²) >= 11 is 5.91. The summed E-state index contributed by atoms with van der Waals surface area (Å²) in [6.45, 7) is 0.635. The highest BCUT2D eigenvalue weighted by atomic mass is 35.5. The van der Waals surface area contributed by atoms with Gasteiger partial charge in [-0.15, -0.1) is 0 Å². The van der Waals surface area contributed by atoms with E-state index in [1.165, 1.54) is 0 Å². The Morgan fingerprint density at radius 2 is 1.89 bits per heavy atom. The molecule has 0 atom stereocenters. The molecule has 0 heterocycles. The number of halogens is 1. The van der Waals surface area contributed by atoms with Crippen molar-refractivity contribution in [1.82, 2.24) is 0 Å². The lowest BCUT2D eigenvalue weighted by Gasteiger charge is -2.09. The first-order valence-corrected chi connectivity index (χ1v) is 5.85. The molecule has 0 aliphatic heterocycles. The maximum absolute atomic E-state index is 8.71. The van der Waals surface area contributed by atoms with E-state index in [2.05, 4.69) is 11.4 Å². The number of nitrogens with one attached hydrogen (secondary N) is 1. The lowest BCUT2D eigenvalue weighted by molar-refractivity contribution is 1.15. The van der Waals surface area contributed by atoms with Gasteiger partial charge in [0.05, 0.1) is 23.0 Å². The number of rotatable bonds is 3. The Labute approximate surface area is 111 Å². The summed E-state index contributed by atoms with van der Waals surface area (Å²) in [5.41, 5.74) is 9.04. The van der Waals surface area contributed by atoms with Crippen molar-refractivity contribution in [3.8, 4) is 6.07 Å². The zero-order valence-corrected chi connectivity index (χ0v) is 10.4. The number of benzene rings is 2. The van der Waals surface area contributed by atoms with Crippen molar-refractivity contribution in [3.63, 3.8) is 0 Å². The maximum Gasteiger partial charge on any atom is 0.0991 e. The highest BCUT2D eigenvalue weighted by Crippen LogP contribution is 2.23. The van der Waals surface area contributed by atoms with Crippen molar-refractivity contribution in [1.29, 1.82) is 5.26 Å². The molecule has 0 aromatic heterocycles. The predicted molar refractivity (Wildman–Crippen MR) is 74.3 cm³/mol. The number of anilines is 2. The third-order valence-corrected chi connectivity index (χ3v) is 2.82. The molecule has 2 rings (SSSR count). The van der Waals surface area contributed by atoms with Crippen LogP contribution in [0.15, 0.2) is 42.5 Å². The number of nitrogen functional groups attached to an aromatic ring is 1. The molecule has 0 spiro atoms. The molecule has 2 aromatic carbocycles. The maximum atomic E-state index is 8.71. The van der Waals surface area contributed by atoms with Crippen LogP contribution in [-0.4, -0.2) is 0 Å². The van der Waals surface area contributed by atoms with Gasteiger partial charge in [-0.05, 0) is 35.9 Å². The molecule has 4 heteroatoms. The van der Waals surface area contributed by atoms with Crippen LogP contribution in [0.3, 0.4) is 0 Å². The van der Waals surface area contributed by atoms with E-state index in [4.69, 9.17) is 22.6 Å². The van der Waals surface area contributed by atoms with Crippen molar-refractivity contribution in [3.05, 3.63) is 58.6 Å². The summed E-state index contributed by atoms with van der Waals surface area (Å²) in [6.07, 6.45) is 0. The van der Waals surface area contributed by atoms with Gasteiger partial charge in [-0.1, -0.05) is 23.7 Å². The van der Waals surface area contributed by atoms with E-state index in [0.717, 1.165) is 11.3 Å². The Morgan fingerprint density at radius 3 is 2.56 bits per heavy atom. The number of nitriles is 1. The minimum Gasteiger partial charge on any atom is -0.397 e. The molecule has 18 heavy (non-hydrogen) atoms. The minimum atomic E-state index is 0.635. The number of nitrogens with two attached hydrogens (primary N) is 1. The van der Waals surface area contributed by atoms with Crippen LogP contribution < -0.4 is 11.1 Å². The molecule has 90 valence electrons. The second-order valence-corrected chi connectivity index (χ2v) is 4.33. The highest BCUT2D eigenvalue weighted by molar-refractivity contribution is 6.31. The van der Waals surface area contributed by atoms with Crippen molar-refractivity contribution in [2.24, 2.45) is 0 Å². The van der Waals surface area contributed by atoms with Crippen LogP contribution in [0.2, 0.25) is 5.02 Å². The van der Waals surface area contributed by atoms with E-state index in [-0.39, 0.29) is 0 Å². The molecule has 0 radical (unpaired) electrons. The second-order valence-electron chi connectivity index (χ2n) is 3.89. The molecule has 0 aliphatic rings. The van der Waals surface area contributed by atoms with Gasteiger partial charge in [0.15, 0.2) is 0 Å². The summed E-state index contributed by atoms with van der Waals surface area (Å²) in [5, 5.41) is 12.6. The third kappa shape index (κ3) is 2.93. The molecule has 0 aliphatic carbocycles. The van der Waals surface area contributed by atoms with E-state index in [9.17, 15) is 0 Å². The van der Waals surface area contributed by atoms with Gasteiger partial charge in [0.2, 0.25) is 0 Å². The molecule has 3 nitrogen and oxygen atoms in total. The largest absolute Gasteiger partial charge is 0.397 e. The SMILES string of the molecule is N#Cc1ccc(CNc2cc(Cl)ccc2N)cc1. The normalized spacial score (nSPS) is 9.78. The Bertz CT molecular complexity index is 585. The van der Waals surface area contributed by atoms with Gasteiger partial charge in [0.25, 0.3) is 0 Å². The molecule has 0 saturated heterocycles. The van der Waals surface area contributed by atoms with Crippen molar-refractivity contribution < 1.29 is 0 Å². The first kappa shape index (κ1) is 12.3. The summed E-state index contributed by atoms with van der Waals surface area (Å²) < 4.78 is 0. The topological polar surface area (TPSA) is 61.8 Å². The Hall–Kier alpha value is -2.18. The van der Waals surface area contributed by atoms with Crippen LogP contribution in [0, 0.1) is 11.3 Å². The Balaban J connectivity index is 2.07. The predicted octanol–water partition coefficient (Wildman–Crippen LogP) is 3.41. The average molecular weight is 258 g/mol. The summed E-state index contributed by atoms with van der Waals surface area (Å²) in [5.74, 6) is 0. The highest BCUT2D eigenvalue weighted by Gasteiger charge is 2.00. The zero-order chi connectivity index (χ0) is 13.0. The molecule has 0 fully saturated rings. The van der Waals surface area contributed by atoms with Gasteiger partial charge in [-0.25, -0.2) is 0 Å². The molecule has 3 N–H and O–H groups in total. The Morgan fingerprint density at radius 1 is 1.17 bits per heavy atom. The lowest BCUT2D eigenvalue weighted by atomic mass is 10.1. The van der Waals surface area contributed by atoms with E-state index in [1.54, 1.807) is 30.3 Å². The fourth-order valence-electron chi connectivity index (χ4n) is 1.58. The van der Waals surface area contributed by atoms with Gasteiger partial charge in [-0.2, -0.15) is 5.26 Å². The Kier molecular flexibility index (Phi) is 3.71. The molecular formula is C14H12ClN3. The first-order valence-electron chi connectivity index (χ1n) is 5.47. The monoisotopic (exact) mass is 257 g/mol. The van der Waals surface area contributed by atoms with Gasteiger partial charge < -0.3 is 11.1 Å². The van der Waals surface area contributed by atoms with Crippen molar-refractivity contribution in [2.45, 2.75) is 6.54 Å². The van der Waals surface area contributed by atoms with Crippen LogP contribution in [-0.2, 0) is 6.54 Å². The van der Waals surface area contributed by atoms with Crippen LogP contribution >= 0.6 is 11.6 Å². The third-order valence-electron chi connectivity index (χ3n) is 2.58. The van der Waals surface area contributed by atoms with Gasteiger partial charge in [-0.3, -0.25) is 0 Å². The van der Waals surface area contributed by atoms with E-state index in [0.29, 0.717) is 22.8 Å². The van der Waals surface area contributed by atoms with E-state index >= 15 is 0 Å². The smallest absolute Gasteiger partial charge is 0.0991 e. The molecule has 0 saturated carbocycles. The van der Waals surface area contributed by atoms with Crippen molar-refractivity contribution >= 4 is 23.0 Å². The summed E-state index contributed by atoms with van der Waals surface area (Å²) in [6, 6.07) is 14.8. The number of nitrogens with zero attached hydrogens (tertiary/aromatic N) is 1. The summed E-state index contributed by atoms with van der Waals surface area (Å²) in [7, 11) is 0. The van der Waals surface area contributed by atoms with Gasteiger partial charge in [0, 0.05) is 11.6 Å². The standard InChI is InChI=1S/C14H12ClN3/c15-12-5-6-13(17)14(7-12)18-9-11-3-1-10(8-16)2-4-11/h1-7,18H,9,17H2. The van der Waals surface area contributed by atoms with Gasteiger partial charge >= 0.3 is 0 Å². The molecule has 0 bridgehead atoms. The minimum absolute atomic E-state index is 0.635. The molecular weight excluding hydrogens is 246 g/mol. The number of hydrogen-bond acceptors (Lipinski definition) is 3. The number of hydrogen-bond donors (Lipinski definition) is 2. The van der Waals surface area contributed by atoms with Crippen LogP contribution in [0.4, 0.5) is 11.4 Å². The molecule has 2 aromatic rings. The van der Waals surface area contributed by atoms with E-state index < -0.39 is 0 Å². The van der Waals surface area contributed by atoms with E-state index in [1.807, 2.05) is 12.1 Å². The zero-order valence-electron chi connectivity index (χ0n) is 9.65. The van der Waals surface area contributed by atoms with Gasteiger partial charge in [0.1, 0.15) is 0 Å². The van der Waals surface area contributed by atoms with Crippen LogP contribution in [0.1, 0.15) is 11.1 Å².